The summed E-state index contributed by atoms with van der Waals surface area (Å²) in [6.07, 6.45) is 3.72. The van der Waals surface area contributed by atoms with Crippen LogP contribution in [-0.2, 0) is 33.4 Å². The summed E-state index contributed by atoms with van der Waals surface area (Å²) in [5, 5.41) is 24.8. The molecule has 2 N–H and O–H groups in total. The number of Topliss-reactive ketones (excluding diaryl/α,β-unsaturated/α-hetero) is 1. The second-order valence-corrected chi connectivity index (χ2v) is 12.6. The molecule has 0 unspecified atom stereocenters. The molecule has 0 saturated heterocycles. The van der Waals surface area contributed by atoms with Crippen LogP contribution in [0.25, 0.3) is 0 Å². The average Bonchev–Trinajstić information content (AvgIpc) is 3.40. The standard InChI is InChI=1S/C32H42O9/c1-9-16(3)28(36)40-15-21-13-31-18(5)11-23-24(30(23,7)8)22(26(31)35)12-20(14-39-19(6)33)25(34)32(31,38)27(21)41-29(37)17(4)10-2/h9-10,12-13,18,22-25,27,34,38H,11,14-15H2,1-8H3/b16-9-,17-10-/t18-,22+,23-,24+,25-,27+,31+,32-/m1/s1. The van der Waals surface area contributed by atoms with Gasteiger partial charge < -0.3 is 24.4 Å². The zero-order chi connectivity index (χ0) is 30.7. The van der Waals surface area contributed by atoms with Crippen molar-refractivity contribution in [2.45, 2.75) is 79.6 Å². The maximum atomic E-state index is 14.7. The molecule has 2 saturated carbocycles. The van der Waals surface area contributed by atoms with Gasteiger partial charge in [-0.05, 0) is 62.9 Å². The third-order valence-electron chi connectivity index (χ3n) is 10.1. The lowest BCUT2D eigenvalue weighted by molar-refractivity contribution is -0.202. The van der Waals surface area contributed by atoms with Gasteiger partial charge in [0.05, 0.1) is 5.41 Å². The van der Waals surface area contributed by atoms with Gasteiger partial charge >= 0.3 is 17.9 Å². The van der Waals surface area contributed by atoms with E-state index in [4.69, 9.17) is 14.2 Å². The van der Waals surface area contributed by atoms with Crippen LogP contribution in [0.4, 0.5) is 0 Å². The van der Waals surface area contributed by atoms with E-state index in [1.807, 2.05) is 6.92 Å². The molecular formula is C32H42O9. The molecule has 4 aliphatic rings. The number of fused-ring (bicyclic) bond motifs is 3. The van der Waals surface area contributed by atoms with E-state index in [2.05, 4.69) is 13.8 Å². The van der Waals surface area contributed by atoms with Crippen molar-refractivity contribution in [1.29, 1.82) is 0 Å². The quantitative estimate of drug-likeness (QED) is 0.204. The van der Waals surface area contributed by atoms with Crippen LogP contribution < -0.4 is 0 Å². The topological polar surface area (TPSA) is 136 Å². The van der Waals surface area contributed by atoms with Gasteiger partial charge in [0, 0.05) is 29.6 Å². The van der Waals surface area contributed by atoms with Gasteiger partial charge in [0.15, 0.2) is 17.5 Å². The molecule has 0 aromatic carbocycles. The van der Waals surface area contributed by atoms with Crippen LogP contribution in [0.2, 0.25) is 0 Å². The molecule has 1 spiro atoms. The number of esters is 3. The number of hydrogen-bond donors (Lipinski definition) is 2. The Balaban J connectivity index is 1.92. The van der Waals surface area contributed by atoms with E-state index in [-0.39, 0.29) is 53.0 Å². The van der Waals surface area contributed by atoms with Crippen LogP contribution in [0, 0.1) is 34.5 Å². The zero-order valence-corrected chi connectivity index (χ0v) is 25.1. The Morgan fingerprint density at radius 1 is 1.00 bits per heavy atom. The molecule has 4 aliphatic carbocycles. The molecule has 2 bridgehead atoms. The Hall–Kier alpha value is -3.04. The Morgan fingerprint density at radius 3 is 2.17 bits per heavy atom. The highest BCUT2D eigenvalue weighted by atomic mass is 16.6. The number of carbonyl (C=O) groups excluding carboxylic acids is 4. The molecular weight excluding hydrogens is 528 g/mol. The second kappa shape index (κ2) is 10.7. The molecule has 0 aromatic heterocycles. The Labute approximate surface area is 241 Å². The van der Waals surface area contributed by atoms with E-state index in [0.29, 0.717) is 12.0 Å². The Morgan fingerprint density at radius 2 is 1.59 bits per heavy atom. The van der Waals surface area contributed by atoms with Crippen molar-refractivity contribution < 1.29 is 43.6 Å². The Kier molecular flexibility index (Phi) is 8.04. The summed E-state index contributed by atoms with van der Waals surface area (Å²) in [6, 6.07) is 0. The van der Waals surface area contributed by atoms with Crippen LogP contribution in [-0.4, -0.2) is 64.9 Å². The van der Waals surface area contributed by atoms with E-state index in [1.165, 1.54) is 6.92 Å². The van der Waals surface area contributed by atoms with E-state index < -0.39 is 53.0 Å². The summed E-state index contributed by atoms with van der Waals surface area (Å²) in [5.74, 6) is -3.24. The lowest BCUT2D eigenvalue weighted by Gasteiger charge is -2.48. The summed E-state index contributed by atoms with van der Waals surface area (Å²) in [4.78, 5) is 52.2. The minimum Gasteiger partial charge on any atom is -0.461 e. The number of ketones is 1. The van der Waals surface area contributed by atoms with E-state index >= 15 is 0 Å². The average molecular weight is 571 g/mol. The number of aliphatic hydroxyl groups excluding tert-OH is 1. The zero-order valence-electron chi connectivity index (χ0n) is 25.1. The summed E-state index contributed by atoms with van der Waals surface area (Å²) in [5.41, 5.74) is -3.17. The summed E-state index contributed by atoms with van der Waals surface area (Å²) in [7, 11) is 0. The Bertz CT molecular complexity index is 1280. The highest BCUT2D eigenvalue weighted by Gasteiger charge is 2.77. The molecule has 41 heavy (non-hydrogen) atoms. The first kappa shape index (κ1) is 30.9. The maximum absolute atomic E-state index is 14.7. The number of rotatable bonds is 7. The fourth-order valence-corrected chi connectivity index (χ4v) is 7.43. The van der Waals surface area contributed by atoms with Gasteiger partial charge in [0.1, 0.15) is 19.3 Å². The van der Waals surface area contributed by atoms with Gasteiger partial charge in [-0.25, -0.2) is 9.59 Å². The number of carbonyl (C=O) groups is 4. The van der Waals surface area contributed by atoms with E-state index in [9.17, 15) is 29.4 Å². The lowest BCUT2D eigenvalue weighted by Crippen LogP contribution is -2.66. The monoisotopic (exact) mass is 570 g/mol. The van der Waals surface area contributed by atoms with Crippen LogP contribution in [0.15, 0.2) is 46.6 Å². The van der Waals surface area contributed by atoms with Gasteiger partial charge in [-0.1, -0.05) is 45.1 Å². The van der Waals surface area contributed by atoms with Gasteiger partial charge in [-0.2, -0.15) is 0 Å². The number of hydrogen-bond acceptors (Lipinski definition) is 9. The first-order valence-corrected chi connectivity index (χ1v) is 14.2. The van der Waals surface area contributed by atoms with Gasteiger partial charge in [-0.3, -0.25) is 9.59 Å². The van der Waals surface area contributed by atoms with Crippen LogP contribution in [0.5, 0.6) is 0 Å². The third kappa shape index (κ3) is 4.61. The first-order chi connectivity index (χ1) is 19.1. The molecule has 0 heterocycles. The van der Waals surface area contributed by atoms with Crippen LogP contribution in [0.1, 0.15) is 61.8 Å². The minimum absolute atomic E-state index is 0.0439. The van der Waals surface area contributed by atoms with Crippen molar-refractivity contribution in [3.8, 4) is 0 Å². The fourth-order valence-electron chi connectivity index (χ4n) is 7.43. The molecule has 8 atom stereocenters. The van der Waals surface area contributed by atoms with Crippen molar-refractivity contribution in [2.75, 3.05) is 13.2 Å². The third-order valence-corrected chi connectivity index (χ3v) is 10.1. The van der Waals surface area contributed by atoms with E-state index in [0.717, 1.165) is 0 Å². The highest BCUT2D eigenvalue weighted by Crippen LogP contribution is 2.71. The van der Waals surface area contributed by atoms with Crippen molar-refractivity contribution in [3.63, 3.8) is 0 Å². The van der Waals surface area contributed by atoms with Gasteiger partial charge in [-0.15, -0.1) is 0 Å². The molecule has 0 aliphatic heterocycles. The second-order valence-electron chi connectivity index (χ2n) is 12.6. The van der Waals surface area contributed by atoms with Crippen molar-refractivity contribution in [2.24, 2.45) is 34.5 Å². The predicted molar refractivity (Wildman–Crippen MR) is 149 cm³/mol. The van der Waals surface area contributed by atoms with Crippen molar-refractivity contribution >= 4 is 23.7 Å². The molecule has 9 nitrogen and oxygen atoms in total. The molecule has 224 valence electrons. The molecule has 0 radical (unpaired) electrons. The largest absolute Gasteiger partial charge is 0.461 e. The molecule has 9 heteroatoms. The fraction of sp³-hybridized carbons (Fsp3) is 0.625. The number of ether oxygens (including phenoxy) is 3. The van der Waals surface area contributed by atoms with E-state index in [1.54, 1.807) is 52.0 Å². The summed E-state index contributed by atoms with van der Waals surface area (Å²) in [6.45, 7) is 13.1. The number of allylic oxidation sites excluding steroid dienone is 3. The molecule has 4 rings (SSSR count). The molecule has 0 aromatic rings. The van der Waals surface area contributed by atoms with Crippen LogP contribution >= 0.6 is 0 Å². The maximum Gasteiger partial charge on any atom is 0.334 e. The number of aliphatic hydroxyl groups is 2. The summed E-state index contributed by atoms with van der Waals surface area (Å²) >= 11 is 0. The lowest BCUT2D eigenvalue weighted by atomic mass is 9.59. The van der Waals surface area contributed by atoms with Crippen molar-refractivity contribution in [3.05, 3.63) is 46.6 Å². The normalized spacial score (nSPS) is 37.5. The van der Waals surface area contributed by atoms with Crippen LogP contribution in [0.3, 0.4) is 0 Å². The summed E-state index contributed by atoms with van der Waals surface area (Å²) < 4.78 is 16.7. The molecule has 2 fully saturated rings. The molecule has 0 amide bonds. The van der Waals surface area contributed by atoms with Crippen molar-refractivity contribution in [1.82, 2.24) is 0 Å². The van der Waals surface area contributed by atoms with Gasteiger partial charge in [0.2, 0.25) is 0 Å². The van der Waals surface area contributed by atoms with Gasteiger partial charge in [0.25, 0.3) is 0 Å². The predicted octanol–water partition coefficient (Wildman–Crippen LogP) is 3.39. The SMILES string of the molecule is C/C=C(/C)C(=O)OCC1=C[C@]23C(=O)[C@@H](C=C(COC(C)=O)[C@@H](O)[C@@]2(O)[C@H]1OC(=O)/C(C)=C\C)[C@H]1[C@@H](C[C@H]3C)C1(C)C. The highest BCUT2D eigenvalue weighted by molar-refractivity contribution is 5.96. The minimum atomic E-state index is -2.35. The first-order valence-electron chi connectivity index (χ1n) is 14.2. The smallest absolute Gasteiger partial charge is 0.334 e.